The molecule has 0 aliphatic heterocycles. The largest absolute Gasteiger partial charge is 0.345 e. The fraction of sp³-hybridized carbons (Fsp3) is 0.350. The molecule has 26 heavy (non-hydrogen) atoms. The monoisotopic (exact) mass is 351 g/mol. The summed E-state index contributed by atoms with van der Waals surface area (Å²) in [5.41, 5.74) is 5.76. The third-order valence-electron chi connectivity index (χ3n) is 4.49. The molecular weight excluding hydrogens is 326 g/mol. The zero-order valence-electron chi connectivity index (χ0n) is 15.9. The van der Waals surface area contributed by atoms with Crippen LogP contribution in [0, 0.1) is 20.8 Å². The number of hydrogen-bond acceptors (Lipinski definition) is 3. The number of carbonyl (C=O) groups is 1. The van der Waals surface area contributed by atoms with Crippen LogP contribution in [0.25, 0.3) is 0 Å². The third kappa shape index (κ3) is 3.85. The highest BCUT2D eigenvalue weighted by Gasteiger charge is 2.16. The van der Waals surface area contributed by atoms with E-state index in [4.69, 9.17) is 0 Å². The molecule has 1 atom stereocenters. The second kappa shape index (κ2) is 7.15. The highest BCUT2D eigenvalue weighted by atomic mass is 16.1. The summed E-state index contributed by atoms with van der Waals surface area (Å²) >= 11 is 0. The van der Waals surface area contributed by atoms with Gasteiger partial charge in [-0.25, -0.2) is 0 Å². The SMILES string of the molecule is Cc1cc(C)n(Cc2cccc(C(=O)NC(C)c3cn(C)nc3C)c2)n1. The Bertz CT molecular complexity index is 938. The van der Waals surface area contributed by atoms with Crippen molar-refractivity contribution in [1.29, 1.82) is 0 Å². The molecule has 0 saturated carbocycles. The van der Waals surface area contributed by atoms with Gasteiger partial charge in [0.1, 0.15) is 0 Å². The van der Waals surface area contributed by atoms with Gasteiger partial charge in [0.05, 0.1) is 24.0 Å². The van der Waals surface area contributed by atoms with Crippen molar-refractivity contribution >= 4 is 5.91 Å². The molecule has 0 spiro atoms. The normalized spacial score (nSPS) is 12.2. The number of amides is 1. The van der Waals surface area contributed by atoms with Crippen LogP contribution in [0.3, 0.4) is 0 Å². The van der Waals surface area contributed by atoms with Crippen molar-refractivity contribution in [3.63, 3.8) is 0 Å². The van der Waals surface area contributed by atoms with Gasteiger partial charge in [-0.3, -0.25) is 14.2 Å². The van der Waals surface area contributed by atoms with E-state index in [0.717, 1.165) is 28.2 Å². The number of carbonyl (C=O) groups excluding carboxylic acids is 1. The maximum absolute atomic E-state index is 12.7. The summed E-state index contributed by atoms with van der Waals surface area (Å²) in [5, 5.41) is 11.9. The Morgan fingerprint density at radius 2 is 1.96 bits per heavy atom. The van der Waals surface area contributed by atoms with Crippen LogP contribution < -0.4 is 5.32 Å². The van der Waals surface area contributed by atoms with E-state index in [1.165, 1.54) is 0 Å². The third-order valence-corrected chi connectivity index (χ3v) is 4.49. The first-order valence-electron chi connectivity index (χ1n) is 8.74. The molecule has 2 aromatic heterocycles. The lowest BCUT2D eigenvalue weighted by Gasteiger charge is -2.14. The van der Waals surface area contributed by atoms with E-state index in [-0.39, 0.29) is 11.9 Å². The molecule has 0 fully saturated rings. The smallest absolute Gasteiger partial charge is 0.251 e. The first-order valence-corrected chi connectivity index (χ1v) is 8.74. The highest BCUT2D eigenvalue weighted by molar-refractivity contribution is 5.94. The molecule has 1 unspecified atom stereocenters. The molecule has 3 rings (SSSR count). The molecule has 2 heterocycles. The number of hydrogen-bond donors (Lipinski definition) is 1. The number of nitrogens with zero attached hydrogens (tertiary/aromatic N) is 4. The van der Waals surface area contributed by atoms with Crippen molar-refractivity contribution in [2.75, 3.05) is 0 Å². The summed E-state index contributed by atoms with van der Waals surface area (Å²) in [6.45, 7) is 8.59. The van der Waals surface area contributed by atoms with Gasteiger partial charge in [-0.15, -0.1) is 0 Å². The van der Waals surface area contributed by atoms with Gasteiger partial charge in [-0.05, 0) is 51.5 Å². The van der Waals surface area contributed by atoms with E-state index < -0.39 is 0 Å². The van der Waals surface area contributed by atoms with E-state index >= 15 is 0 Å². The van der Waals surface area contributed by atoms with E-state index in [1.54, 1.807) is 4.68 Å². The van der Waals surface area contributed by atoms with E-state index in [2.05, 4.69) is 21.6 Å². The molecular formula is C20H25N5O. The van der Waals surface area contributed by atoms with Crippen molar-refractivity contribution < 1.29 is 4.79 Å². The molecule has 0 saturated heterocycles. The second-order valence-electron chi connectivity index (χ2n) is 6.82. The van der Waals surface area contributed by atoms with Gasteiger partial charge < -0.3 is 5.32 Å². The number of aromatic nitrogens is 4. The molecule has 6 nitrogen and oxygen atoms in total. The number of aryl methyl sites for hydroxylation is 4. The van der Waals surface area contributed by atoms with Crippen LogP contribution in [0.5, 0.6) is 0 Å². The Labute approximate surface area is 153 Å². The summed E-state index contributed by atoms with van der Waals surface area (Å²) in [6, 6.07) is 9.64. The number of nitrogens with one attached hydrogen (secondary N) is 1. The minimum atomic E-state index is -0.101. The predicted octanol–water partition coefficient (Wildman–Crippen LogP) is 3.08. The highest BCUT2D eigenvalue weighted by Crippen LogP contribution is 2.17. The molecule has 1 N–H and O–H groups in total. The average Bonchev–Trinajstić information content (AvgIpc) is 3.08. The Hall–Kier alpha value is -2.89. The maximum atomic E-state index is 12.7. The molecule has 3 aromatic rings. The van der Waals surface area contributed by atoms with Gasteiger partial charge in [0, 0.05) is 30.1 Å². The molecule has 136 valence electrons. The number of rotatable bonds is 5. The molecule has 0 radical (unpaired) electrons. The fourth-order valence-electron chi connectivity index (χ4n) is 3.22. The van der Waals surface area contributed by atoms with Crippen molar-refractivity contribution in [3.05, 3.63) is 70.3 Å². The maximum Gasteiger partial charge on any atom is 0.251 e. The van der Waals surface area contributed by atoms with E-state index in [0.29, 0.717) is 12.1 Å². The summed E-state index contributed by atoms with van der Waals surface area (Å²) in [7, 11) is 1.88. The van der Waals surface area contributed by atoms with Crippen molar-refractivity contribution in [1.82, 2.24) is 24.9 Å². The lowest BCUT2D eigenvalue weighted by molar-refractivity contribution is 0.0939. The second-order valence-corrected chi connectivity index (χ2v) is 6.82. The van der Waals surface area contributed by atoms with Crippen LogP contribution >= 0.6 is 0 Å². The van der Waals surface area contributed by atoms with Gasteiger partial charge >= 0.3 is 0 Å². The Balaban J connectivity index is 1.73. The average molecular weight is 351 g/mol. The predicted molar refractivity (Wildman–Crippen MR) is 101 cm³/mol. The van der Waals surface area contributed by atoms with Crippen LogP contribution in [0.1, 0.15) is 51.5 Å². The first kappa shape index (κ1) is 17.9. The summed E-state index contributed by atoms with van der Waals surface area (Å²) in [6.07, 6.45) is 1.94. The summed E-state index contributed by atoms with van der Waals surface area (Å²) in [4.78, 5) is 12.7. The molecule has 6 heteroatoms. The molecule has 1 amide bonds. The quantitative estimate of drug-likeness (QED) is 0.768. The van der Waals surface area contributed by atoms with Crippen LogP contribution in [0.2, 0.25) is 0 Å². The summed E-state index contributed by atoms with van der Waals surface area (Å²) in [5.74, 6) is -0.0871. The molecule has 0 aliphatic carbocycles. The Kier molecular flexibility index (Phi) is 4.93. The van der Waals surface area contributed by atoms with Crippen LogP contribution in [-0.4, -0.2) is 25.5 Å². The van der Waals surface area contributed by atoms with Crippen LogP contribution in [0.4, 0.5) is 0 Å². The zero-order chi connectivity index (χ0) is 18.8. The Morgan fingerprint density at radius 1 is 1.19 bits per heavy atom. The molecule has 0 bridgehead atoms. The molecule has 1 aromatic carbocycles. The Morgan fingerprint density at radius 3 is 2.58 bits per heavy atom. The lowest BCUT2D eigenvalue weighted by Crippen LogP contribution is -2.27. The van der Waals surface area contributed by atoms with E-state index in [1.807, 2.05) is 69.9 Å². The van der Waals surface area contributed by atoms with Gasteiger partial charge in [0.2, 0.25) is 0 Å². The zero-order valence-corrected chi connectivity index (χ0v) is 15.9. The fourth-order valence-corrected chi connectivity index (χ4v) is 3.22. The lowest BCUT2D eigenvalue weighted by atomic mass is 10.1. The molecule has 0 aliphatic rings. The van der Waals surface area contributed by atoms with E-state index in [9.17, 15) is 4.79 Å². The van der Waals surface area contributed by atoms with Crippen molar-refractivity contribution in [3.8, 4) is 0 Å². The topological polar surface area (TPSA) is 64.7 Å². The van der Waals surface area contributed by atoms with Gasteiger partial charge in [0.15, 0.2) is 0 Å². The van der Waals surface area contributed by atoms with Crippen LogP contribution in [-0.2, 0) is 13.6 Å². The number of benzene rings is 1. The standard InChI is InChI=1S/C20H25N5O/c1-13-9-14(2)25(22-13)11-17-7-6-8-18(10-17)20(26)21-15(3)19-12-24(5)23-16(19)4/h6-10,12,15H,11H2,1-5H3,(H,21,26). The van der Waals surface area contributed by atoms with Gasteiger partial charge in [0.25, 0.3) is 5.91 Å². The van der Waals surface area contributed by atoms with Crippen LogP contribution in [0.15, 0.2) is 36.5 Å². The first-order chi connectivity index (χ1) is 12.3. The van der Waals surface area contributed by atoms with Gasteiger partial charge in [-0.1, -0.05) is 12.1 Å². The summed E-state index contributed by atoms with van der Waals surface area (Å²) < 4.78 is 3.72. The van der Waals surface area contributed by atoms with Gasteiger partial charge in [-0.2, -0.15) is 10.2 Å². The van der Waals surface area contributed by atoms with Crippen molar-refractivity contribution in [2.45, 2.75) is 40.3 Å². The minimum Gasteiger partial charge on any atom is -0.345 e. The van der Waals surface area contributed by atoms with Crippen molar-refractivity contribution in [2.24, 2.45) is 7.05 Å². The minimum absolute atomic E-state index is 0.0871.